The summed E-state index contributed by atoms with van der Waals surface area (Å²) in [5.41, 5.74) is 1.72. The molecule has 0 unspecified atom stereocenters. The quantitative estimate of drug-likeness (QED) is 0.331. The summed E-state index contributed by atoms with van der Waals surface area (Å²) in [6, 6.07) is -1.12. The van der Waals surface area contributed by atoms with Gasteiger partial charge in [-0.05, 0) is 53.0 Å². The first-order valence-corrected chi connectivity index (χ1v) is 10.0. The summed E-state index contributed by atoms with van der Waals surface area (Å²) < 4.78 is 5.30. The van der Waals surface area contributed by atoms with Gasteiger partial charge in [-0.15, -0.1) is 0 Å². The molecule has 160 valence electrons. The monoisotopic (exact) mass is 414 g/mol. The molecular weight excluding hydrogens is 388 g/mol. The van der Waals surface area contributed by atoms with Crippen LogP contribution in [0.5, 0.6) is 0 Å². The number of amides is 2. The van der Waals surface area contributed by atoms with Gasteiger partial charge in [0.15, 0.2) is 11.9 Å². The highest BCUT2D eigenvalue weighted by Crippen LogP contribution is 2.36. The van der Waals surface area contributed by atoms with Gasteiger partial charge in [0, 0.05) is 11.3 Å². The third-order valence-corrected chi connectivity index (χ3v) is 5.97. The van der Waals surface area contributed by atoms with Crippen molar-refractivity contribution in [3.63, 3.8) is 0 Å². The number of rotatable bonds is 6. The van der Waals surface area contributed by atoms with Crippen LogP contribution >= 0.6 is 0 Å². The maximum absolute atomic E-state index is 12.8. The number of aromatic amines is 1. The fourth-order valence-corrected chi connectivity index (χ4v) is 4.37. The van der Waals surface area contributed by atoms with E-state index in [0.717, 1.165) is 4.90 Å². The Bertz CT molecular complexity index is 947. The van der Waals surface area contributed by atoms with E-state index in [-0.39, 0.29) is 23.3 Å². The topological polar surface area (TPSA) is 114 Å². The van der Waals surface area contributed by atoms with E-state index in [1.165, 1.54) is 20.8 Å². The molecule has 1 aromatic heterocycles. The molecule has 8 heteroatoms. The minimum atomic E-state index is -1.15. The highest BCUT2D eigenvalue weighted by atomic mass is 16.5. The van der Waals surface area contributed by atoms with Gasteiger partial charge >= 0.3 is 5.97 Å². The van der Waals surface area contributed by atoms with Crippen molar-refractivity contribution in [1.29, 1.82) is 0 Å². The van der Waals surface area contributed by atoms with Crippen LogP contribution in [-0.2, 0) is 19.1 Å². The van der Waals surface area contributed by atoms with Gasteiger partial charge in [0.1, 0.15) is 6.04 Å². The molecule has 30 heavy (non-hydrogen) atoms. The highest BCUT2D eigenvalue weighted by molar-refractivity contribution is 6.08. The lowest BCUT2D eigenvalue weighted by molar-refractivity contribution is -0.159. The summed E-state index contributed by atoms with van der Waals surface area (Å²) in [7, 11) is 0. The number of ether oxygens (including phenoxy) is 1. The largest absolute Gasteiger partial charge is 0.453 e. The second-order valence-corrected chi connectivity index (χ2v) is 8.00. The van der Waals surface area contributed by atoms with Crippen molar-refractivity contribution in [3.05, 3.63) is 34.7 Å². The van der Waals surface area contributed by atoms with Gasteiger partial charge in [0.2, 0.25) is 17.6 Å². The number of nitrogens with one attached hydrogen (secondary N) is 1. The predicted molar refractivity (Wildman–Crippen MR) is 107 cm³/mol. The standard InChI is InChI=1S/C22H26N2O6/c1-10-17(13(4)25)11(2)23-18(10)19(26)14(5)30-22(29)12(3)24-20(27)15-8-6-7-9-16(15)21(24)28/h6-7,12,14-16,23H,8-9H2,1-5H3/t12-,14+,15-,16+/m0/s1. The lowest BCUT2D eigenvalue weighted by Gasteiger charge is -2.23. The van der Waals surface area contributed by atoms with Crippen molar-refractivity contribution in [2.75, 3.05) is 0 Å². The van der Waals surface area contributed by atoms with Crippen LogP contribution in [0.1, 0.15) is 65.7 Å². The third-order valence-electron chi connectivity index (χ3n) is 5.97. The Morgan fingerprint density at radius 3 is 2.07 bits per heavy atom. The summed E-state index contributed by atoms with van der Waals surface area (Å²) >= 11 is 0. The van der Waals surface area contributed by atoms with Gasteiger partial charge in [-0.3, -0.25) is 24.1 Å². The lowest BCUT2D eigenvalue weighted by atomic mass is 9.85. The van der Waals surface area contributed by atoms with E-state index < -0.39 is 35.7 Å². The molecule has 0 radical (unpaired) electrons. The minimum Gasteiger partial charge on any atom is -0.453 e. The van der Waals surface area contributed by atoms with Crippen molar-refractivity contribution >= 4 is 29.4 Å². The summed E-state index contributed by atoms with van der Waals surface area (Å²) in [4.78, 5) is 66.4. The van der Waals surface area contributed by atoms with E-state index >= 15 is 0 Å². The van der Waals surface area contributed by atoms with Crippen molar-refractivity contribution in [2.45, 2.75) is 59.6 Å². The van der Waals surface area contributed by atoms with Crippen molar-refractivity contribution in [3.8, 4) is 0 Å². The fourth-order valence-electron chi connectivity index (χ4n) is 4.37. The summed E-state index contributed by atoms with van der Waals surface area (Å²) in [6.45, 7) is 7.62. The second kappa shape index (κ2) is 8.01. The molecule has 0 aromatic carbocycles. The Kier molecular flexibility index (Phi) is 5.78. The Hall–Kier alpha value is -3.03. The van der Waals surface area contributed by atoms with Gasteiger partial charge in [0.05, 0.1) is 17.5 Å². The maximum atomic E-state index is 12.8. The lowest BCUT2D eigenvalue weighted by Crippen LogP contribution is -2.45. The zero-order valence-electron chi connectivity index (χ0n) is 17.8. The third kappa shape index (κ3) is 3.51. The Labute approximate surface area is 174 Å². The number of esters is 1. The highest BCUT2D eigenvalue weighted by Gasteiger charge is 2.50. The molecule has 1 aromatic rings. The number of hydrogen-bond donors (Lipinski definition) is 1. The van der Waals surface area contributed by atoms with Crippen LogP contribution < -0.4 is 0 Å². The van der Waals surface area contributed by atoms with Gasteiger partial charge in [-0.25, -0.2) is 4.79 Å². The number of likely N-dealkylation sites (tertiary alicyclic amines) is 1. The average Bonchev–Trinajstić information content (AvgIpc) is 3.13. The van der Waals surface area contributed by atoms with Gasteiger partial charge in [-0.1, -0.05) is 12.2 Å². The molecular formula is C22H26N2O6. The number of carbonyl (C=O) groups excluding carboxylic acids is 5. The van der Waals surface area contributed by atoms with Crippen LogP contribution in [0.2, 0.25) is 0 Å². The Balaban J connectivity index is 1.72. The summed E-state index contributed by atoms with van der Waals surface area (Å²) in [5.74, 6) is -3.10. The molecule has 0 spiro atoms. The van der Waals surface area contributed by atoms with Crippen LogP contribution in [0.25, 0.3) is 0 Å². The second-order valence-electron chi connectivity index (χ2n) is 8.00. The number of nitrogens with zero attached hydrogens (tertiary/aromatic N) is 1. The Morgan fingerprint density at radius 1 is 1.07 bits per heavy atom. The molecule has 1 saturated heterocycles. The average molecular weight is 414 g/mol. The van der Waals surface area contributed by atoms with E-state index in [4.69, 9.17) is 4.74 Å². The van der Waals surface area contributed by atoms with Gasteiger partial charge < -0.3 is 9.72 Å². The number of hydrogen-bond acceptors (Lipinski definition) is 6. The number of allylic oxidation sites excluding steroid dienone is 2. The number of aryl methyl sites for hydroxylation is 1. The van der Waals surface area contributed by atoms with E-state index in [1.54, 1.807) is 13.8 Å². The molecule has 2 aliphatic rings. The molecule has 1 N–H and O–H groups in total. The summed E-state index contributed by atoms with van der Waals surface area (Å²) in [5, 5.41) is 0. The number of aromatic nitrogens is 1. The molecule has 0 saturated carbocycles. The molecule has 1 aliphatic heterocycles. The van der Waals surface area contributed by atoms with Crippen molar-refractivity contribution in [2.24, 2.45) is 11.8 Å². The smallest absolute Gasteiger partial charge is 0.329 e. The molecule has 3 rings (SSSR count). The Morgan fingerprint density at radius 2 is 1.60 bits per heavy atom. The van der Waals surface area contributed by atoms with Crippen LogP contribution in [0, 0.1) is 25.7 Å². The number of Topliss-reactive ketones (excluding diaryl/α,β-unsaturated/α-hetero) is 2. The number of carbonyl (C=O) groups is 5. The van der Waals surface area contributed by atoms with Crippen molar-refractivity contribution in [1.82, 2.24) is 9.88 Å². The van der Waals surface area contributed by atoms with Crippen molar-refractivity contribution < 1.29 is 28.7 Å². The van der Waals surface area contributed by atoms with Crippen LogP contribution in [0.3, 0.4) is 0 Å². The minimum absolute atomic E-state index is 0.166. The van der Waals surface area contributed by atoms with Crippen LogP contribution in [-0.4, -0.2) is 51.4 Å². The van der Waals surface area contributed by atoms with E-state index in [0.29, 0.717) is 29.7 Å². The van der Waals surface area contributed by atoms with E-state index in [9.17, 15) is 24.0 Å². The normalized spacial score (nSPS) is 22.6. The molecule has 2 amide bonds. The number of imide groups is 1. The molecule has 2 heterocycles. The molecule has 1 aliphatic carbocycles. The summed E-state index contributed by atoms with van der Waals surface area (Å²) in [6.07, 6.45) is 3.55. The molecule has 1 fully saturated rings. The van der Waals surface area contributed by atoms with Crippen LogP contribution in [0.4, 0.5) is 0 Å². The molecule has 0 bridgehead atoms. The molecule has 4 atom stereocenters. The molecule has 8 nitrogen and oxygen atoms in total. The number of fused-ring (bicyclic) bond motifs is 1. The first kappa shape index (κ1) is 21.7. The predicted octanol–water partition coefficient (Wildman–Crippen LogP) is 2.29. The maximum Gasteiger partial charge on any atom is 0.329 e. The van der Waals surface area contributed by atoms with Gasteiger partial charge in [0.25, 0.3) is 0 Å². The zero-order chi connectivity index (χ0) is 22.3. The zero-order valence-corrected chi connectivity index (χ0v) is 17.8. The van der Waals surface area contributed by atoms with E-state index in [1.807, 2.05) is 12.2 Å². The van der Waals surface area contributed by atoms with E-state index in [2.05, 4.69) is 4.98 Å². The number of ketones is 2. The van der Waals surface area contributed by atoms with Crippen LogP contribution in [0.15, 0.2) is 12.2 Å². The first-order valence-electron chi connectivity index (χ1n) is 10.0. The first-order chi connectivity index (χ1) is 14.1. The van der Waals surface area contributed by atoms with Gasteiger partial charge in [-0.2, -0.15) is 0 Å². The fraction of sp³-hybridized carbons (Fsp3) is 0.500. The SMILES string of the molecule is CC(=O)c1c(C)[nH]c(C(=O)[C@@H](C)OC(=O)[C@H](C)N2C(=O)[C@H]3CC=CC[C@H]3C2=O)c1C. The number of H-pyrrole nitrogens is 1.